The van der Waals surface area contributed by atoms with Crippen molar-refractivity contribution in [3.05, 3.63) is 5.82 Å². The summed E-state index contributed by atoms with van der Waals surface area (Å²) in [5.74, 6) is -3.53. The summed E-state index contributed by atoms with van der Waals surface area (Å²) in [5, 5.41) is 52.3. The second-order valence-corrected chi connectivity index (χ2v) is 18.8. The summed E-state index contributed by atoms with van der Waals surface area (Å²) in [6, 6.07) is -2.14. The van der Waals surface area contributed by atoms with E-state index in [0.717, 1.165) is 44.3 Å². The molecule has 22 nitrogen and oxygen atoms in total. The number of ether oxygens (including phenoxy) is 1. The van der Waals surface area contributed by atoms with Crippen molar-refractivity contribution >= 4 is 45.5 Å². The molecule has 0 saturated carbocycles. The first-order valence-electron chi connectivity index (χ1n) is 23.2. The molecule has 5 amide bonds. The minimum atomic E-state index is -3.90. The Balaban J connectivity index is 2.12. The molecule has 0 radical (unpaired) electrons. The van der Waals surface area contributed by atoms with Crippen molar-refractivity contribution in [2.75, 3.05) is 38.7 Å². The summed E-state index contributed by atoms with van der Waals surface area (Å²) >= 11 is 0. The fraction of sp³-hybridized carbons (Fsp3) is 0.833. The van der Waals surface area contributed by atoms with Crippen molar-refractivity contribution < 1.29 is 62.3 Å². The number of aliphatic carboxylic acids is 1. The van der Waals surface area contributed by atoms with Crippen LogP contribution in [0.25, 0.3) is 0 Å². The monoisotopic (exact) mass is 948 g/mol. The molecule has 0 bridgehead atoms. The van der Waals surface area contributed by atoms with Gasteiger partial charge < -0.3 is 36.2 Å². The number of amides is 5. The number of carboxylic acid groups (broad SMARTS) is 1. The van der Waals surface area contributed by atoms with Crippen LogP contribution in [0.5, 0.6) is 0 Å². The Labute approximate surface area is 383 Å². The zero-order valence-electron chi connectivity index (χ0n) is 38.5. The lowest BCUT2D eigenvalue weighted by Gasteiger charge is -2.19. The SMILES string of the molecule is CC(C)(O)CCOCCNC(=O)CCC(COO)NC(=O)CCC(NC(=O)CCCNC(=O)CCCS(=O)(=O)NC(=O)CCCCCCCCCCCCCCCc1nn[nH]n1)C(=O)O. The molecule has 0 aliphatic carbocycles. The lowest BCUT2D eigenvalue weighted by molar-refractivity contribution is -0.246. The van der Waals surface area contributed by atoms with E-state index in [2.05, 4.69) is 51.5 Å². The highest BCUT2D eigenvalue weighted by atomic mass is 32.2. The first-order chi connectivity index (χ1) is 31.0. The van der Waals surface area contributed by atoms with E-state index >= 15 is 0 Å². The van der Waals surface area contributed by atoms with E-state index in [9.17, 15) is 47.4 Å². The second kappa shape index (κ2) is 35.9. The van der Waals surface area contributed by atoms with Crippen LogP contribution in [0.4, 0.5) is 0 Å². The summed E-state index contributed by atoms with van der Waals surface area (Å²) in [6.07, 6.45) is 15.2. The van der Waals surface area contributed by atoms with Crippen LogP contribution < -0.4 is 26.0 Å². The Morgan fingerprint density at radius 2 is 1.23 bits per heavy atom. The number of aromatic nitrogens is 4. The molecule has 2 atom stereocenters. The zero-order chi connectivity index (χ0) is 48.2. The van der Waals surface area contributed by atoms with Gasteiger partial charge in [-0.1, -0.05) is 75.8 Å². The highest BCUT2D eigenvalue weighted by molar-refractivity contribution is 7.90. The van der Waals surface area contributed by atoms with Crippen LogP contribution >= 0.6 is 0 Å². The number of carbonyl (C=O) groups excluding carboxylic acids is 5. The molecule has 0 aromatic carbocycles. The van der Waals surface area contributed by atoms with E-state index in [1.165, 1.54) is 44.9 Å². The van der Waals surface area contributed by atoms with Crippen molar-refractivity contribution in [1.29, 1.82) is 0 Å². The lowest BCUT2D eigenvalue weighted by atomic mass is 10.0. The Bertz CT molecular complexity index is 1600. The third-order valence-electron chi connectivity index (χ3n) is 10.3. The Morgan fingerprint density at radius 3 is 1.83 bits per heavy atom. The minimum absolute atomic E-state index is 0.0100. The molecule has 0 aliphatic heterocycles. The van der Waals surface area contributed by atoms with Gasteiger partial charge in [-0.3, -0.25) is 34.0 Å². The Kier molecular flexibility index (Phi) is 32.4. The van der Waals surface area contributed by atoms with Crippen molar-refractivity contribution in [1.82, 2.24) is 46.6 Å². The molecule has 23 heteroatoms. The molecular weight excluding hydrogens is 871 g/mol. The third kappa shape index (κ3) is 35.6. The number of carbonyl (C=O) groups is 6. The van der Waals surface area contributed by atoms with Crippen LogP contribution in [-0.2, 0) is 54.8 Å². The van der Waals surface area contributed by atoms with Gasteiger partial charge in [0.25, 0.3) is 0 Å². The predicted octanol–water partition coefficient (Wildman–Crippen LogP) is 2.72. The number of H-pyrrole nitrogens is 1. The number of unbranched alkanes of at least 4 members (excludes halogenated alkanes) is 12. The quantitative estimate of drug-likeness (QED) is 0.0258. The number of rotatable bonds is 42. The smallest absolute Gasteiger partial charge is 0.326 e. The molecular formula is C42H77N9O13S. The molecule has 374 valence electrons. The predicted molar refractivity (Wildman–Crippen MR) is 239 cm³/mol. The highest BCUT2D eigenvalue weighted by Gasteiger charge is 2.23. The number of aromatic amines is 1. The summed E-state index contributed by atoms with van der Waals surface area (Å²) < 4.78 is 32.1. The van der Waals surface area contributed by atoms with Crippen LogP contribution in [0, 0.1) is 0 Å². The van der Waals surface area contributed by atoms with E-state index in [4.69, 9.17) is 9.99 Å². The third-order valence-corrected chi connectivity index (χ3v) is 11.6. The molecule has 0 aliphatic rings. The fourth-order valence-corrected chi connectivity index (χ4v) is 7.61. The maximum Gasteiger partial charge on any atom is 0.326 e. The average molecular weight is 948 g/mol. The molecule has 1 aromatic heterocycles. The number of tetrazole rings is 1. The van der Waals surface area contributed by atoms with Crippen LogP contribution in [-0.4, -0.2) is 136 Å². The van der Waals surface area contributed by atoms with Crippen molar-refractivity contribution in [3.63, 3.8) is 0 Å². The summed E-state index contributed by atoms with van der Waals surface area (Å²) in [4.78, 5) is 77.5. The van der Waals surface area contributed by atoms with Gasteiger partial charge in [-0.05, 0) is 58.8 Å². The first-order valence-corrected chi connectivity index (χ1v) is 24.8. The van der Waals surface area contributed by atoms with Gasteiger partial charge >= 0.3 is 5.97 Å². The van der Waals surface area contributed by atoms with E-state index < -0.39 is 63.1 Å². The summed E-state index contributed by atoms with van der Waals surface area (Å²) in [5.41, 5.74) is -0.853. The average Bonchev–Trinajstić information content (AvgIpc) is 3.76. The van der Waals surface area contributed by atoms with Crippen molar-refractivity contribution in [2.45, 2.75) is 186 Å². The number of hydrogen-bond donors (Lipinski definition) is 9. The summed E-state index contributed by atoms with van der Waals surface area (Å²) in [6.45, 7) is 3.90. The topological polar surface area (TPSA) is 330 Å². The Morgan fingerprint density at radius 1 is 0.677 bits per heavy atom. The number of sulfonamides is 1. The van der Waals surface area contributed by atoms with Gasteiger partial charge in [0.2, 0.25) is 39.6 Å². The molecule has 2 unspecified atom stereocenters. The molecule has 0 fully saturated rings. The van der Waals surface area contributed by atoms with E-state index in [1.54, 1.807) is 13.8 Å². The molecule has 1 heterocycles. The lowest BCUT2D eigenvalue weighted by Crippen LogP contribution is -2.43. The number of hydrogen-bond acceptors (Lipinski definition) is 15. The van der Waals surface area contributed by atoms with Crippen LogP contribution in [0.3, 0.4) is 0 Å². The van der Waals surface area contributed by atoms with E-state index in [-0.39, 0.29) is 90.0 Å². The largest absolute Gasteiger partial charge is 0.480 e. The minimum Gasteiger partial charge on any atom is -0.480 e. The van der Waals surface area contributed by atoms with Gasteiger partial charge in [-0.15, -0.1) is 10.2 Å². The number of nitrogens with zero attached hydrogens (tertiary/aromatic N) is 3. The Hall–Kier alpha value is -4.32. The number of carboxylic acids is 1. The maximum absolute atomic E-state index is 12.5. The maximum atomic E-state index is 12.5. The second-order valence-electron chi connectivity index (χ2n) is 16.9. The fourth-order valence-electron chi connectivity index (χ4n) is 6.53. The van der Waals surface area contributed by atoms with Gasteiger partial charge in [0, 0.05) is 58.2 Å². The molecule has 1 aromatic rings. The molecule has 65 heavy (non-hydrogen) atoms. The van der Waals surface area contributed by atoms with Gasteiger partial charge in [0.1, 0.15) is 12.6 Å². The van der Waals surface area contributed by atoms with Gasteiger partial charge in [0.15, 0.2) is 5.82 Å². The zero-order valence-corrected chi connectivity index (χ0v) is 39.4. The molecule has 0 spiro atoms. The van der Waals surface area contributed by atoms with Crippen LogP contribution in [0.2, 0.25) is 0 Å². The van der Waals surface area contributed by atoms with E-state index in [0.29, 0.717) is 19.4 Å². The van der Waals surface area contributed by atoms with Gasteiger partial charge in [-0.2, -0.15) is 5.21 Å². The molecule has 1 rings (SSSR count). The van der Waals surface area contributed by atoms with Crippen molar-refractivity contribution in [2.24, 2.45) is 0 Å². The number of aryl methyl sites for hydroxylation is 1. The number of aliphatic hydroxyl groups is 1. The highest BCUT2D eigenvalue weighted by Crippen LogP contribution is 2.14. The molecule has 0 saturated heterocycles. The van der Waals surface area contributed by atoms with E-state index in [1.807, 2.05) is 0 Å². The molecule has 9 N–H and O–H groups in total. The summed E-state index contributed by atoms with van der Waals surface area (Å²) in [7, 11) is -3.90. The van der Waals surface area contributed by atoms with Gasteiger partial charge in [0.05, 0.1) is 24.0 Å². The first kappa shape index (κ1) is 58.7. The van der Waals surface area contributed by atoms with Crippen molar-refractivity contribution in [3.8, 4) is 0 Å². The number of nitrogens with one attached hydrogen (secondary N) is 6. The van der Waals surface area contributed by atoms with Gasteiger partial charge in [-0.25, -0.2) is 18.1 Å². The normalized spacial score (nSPS) is 12.6. The van der Waals surface area contributed by atoms with Crippen LogP contribution in [0.1, 0.15) is 167 Å². The standard InChI is InChI=1S/C42H77N9O13S/c1-42(2,59)26-29-63-30-28-44-37(53)24-22-33(32-64-60)45-39(55)25-23-34(41(57)58)46-38(54)20-16-27-43-36(52)21-17-31-65(61,62)49-40(56)19-15-13-11-9-7-5-3-4-6-8-10-12-14-18-35-47-50-51-48-35/h33-34,59-60H,3-32H2,1-2H3,(H,43,52)(H,44,53)(H,45,55)(H,46,54)(H,49,56)(H,57,58)(H,47,48,50,51). The van der Waals surface area contributed by atoms with Crippen LogP contribution in [0.15, 0.2) is 0 Å².